The number of hydrogen-bond acceptors (Lipinski definition) is 1. The number of nitrogens with zero attached hydrogens (tertiary/aromatic N) is 2. The third-order valence-electron chi connectivity index (χ3n) is 5.71. The van der Waals surface area contributed by atoms with Crippen LogP contribution in [0.1, 0.15) is 61.4 Å². The molecule has 3 aromatic rings. The lowest BCUT2D eigenvalue weighted by Gasteiger charge is -2.28. The van der Waals surface area contributed by atoms with Gasteiger partial charge in [-0.3, -0.25) is 4.79 Å². The Hall–Kier alpha value is -2.81. The van der Waals surface area contributed by atoms with Crippen molar-refractivity contribution >= 4 is 5.91 Å². The summed E-state index contributed by atoms with van der Waals surface area (Å²) in [4.78, 5) is 15.6. The summed E-state index contributed by atoms with van der Waals surface area (Å²) < 4.78 is 2.27. The molecule has 3 heteroatoms. The standard InChI is InChI=1S/C27H34N2O/c1-4-6-17-29(27(30)26(5-2)24-14-8-7-9-15-24)21-25-16-11-18-28(25)20-23-13-10-12-22(3)19-23/h7-16,18-19,26H,4-6,17,20-21H2,1-3H3. The Balaban J connectivity index is 1.80. The summed E-state index contributed by atoms with van der Waals surface area (Å²) in [6.45, 7) is 8.69. The van der Waals surface area contributed by atoms with Gasteiger partial charge in [-0.25, -0.2) is 0 Å². The number of amides is 1. The molecular weight excluding hydrogens is 368 g/mol. The van der Waals surface area contributed by atoms with E-state index < -0.39 is 0 Å². The largest absolute Gasteiger partial charge is 0.345 e. The smallest absolute Gasteiger partial charge is 0.230 e. The van der Waals surface area contributed by atoms with E-state index in [1.54, 1.807) is 0 Å². The number of unbranched alkanes of at least 4 members (excludes halogenated alkanes) is 1. The van der Waals surface area contributed by atoms with Crippen LogP contribution in [0.5, 0.6) is 0 Å². The van der Waals surface area contributed by atoms with Gasteiger partial charge in [0.1, 0.15) is 0 Å². The van der Waals surface area contributed by atoms with Crippen LogP contribution in [0.4, 0.5) is 0 Å². The van der Waals surface area contributed by atoms with Crippen molar-refractivity contribution in [3.05, 3.63) is 95.3 Å². The third kappa shape index (κ3) is 5.63. The Bertz CT molecular complexity index is 929. The minimum absolute atomic E-state index is 0.0803. The molecule has 3 rings (SSSR count). The van der Waals surface area contributed by atoms with E-state index in [1.165, 1.54) is 16.8 Å². The molecular formula is C27H34N2O. The zero-order valence-corrected chi connectivity index (χ0v) is 18.6. The maximum atomic E-state index is 13.5. The molecule has 1 amide bonds. The molecule has 0 spiro atoms. The van der Waals surface area contributed by atoms with Crippen molar-refractivity contribution in [2.24, 2.45) is 0 Å². The number of benzene rings is 2. The van der Waals surface area contributed by atoms with Gasteiger partial charge in [-0.05, 0) is 43.0 Å². The summed E-state index contributed by atoms with van der Waals surface area (Å²) >= 11 is 0. The van der Waals surface area contributed by atoms with Crippen molar-refractivity contribution in [3.63, 3.8) is 0 Å². The number of rotatable bonds is 10. The first-order valence-electron chi connectivity index (χ1n) is 11.2. The van der Waals surface area contributed by atoms with E-state index in [9.17, 15) is 4.79 Å². The molecule has 2 aromatic carbocycles. The lowest BCUT2D eigenvalue weighted by molar-refractivity contribution is -0.133. The SMILES string of the molecule is CCCCN(Cc1cccn1Cc1cccc(C)c1)C(=O)C(CC)c1ccccc1. The van der Waals surface area contributed by atoms with Gasteiger partial charge in [0, 0.05) is 25.0 Å². The lowest BCUT2D eigenvalue weighted by Crippen LogP contribution is -2.36. The molecule has 158 valence electrons. The summed E-state index contributed by atoms with van der Waals surface area (Å²) in [5.74, 6) is 0.156. The molecule has 0 bridgehead atoms. The summed E-state index contributed by atoms with van der Waals surface area (Å²) in [6.07, 6.45) is 5.04. The van der Waals surface area contributed by atoms with Gasteiger partial charge in [0.25, 0.3) is 0 Å². The van der Waals surface area contributed by atoms with E-state index in [4.69, 9.17) is 0 Å². The van der Waals surface area contributed by atoms with Crippen molar-refractivity contribution < 1.29 is 4.79 Å². The van der Waals surface area contributed by atoms with Crippen molar-refractivity contribution in [2.45, 2.75) is 59.0 Å². The minimum Gasteiger partial charge on any atom is -0.345 e. The molecule has 0 aliphatic carbocycles. The highest BCUT2D eigenvalue weighted by atomic mass is 16.2. The normalized spacial score (nSPS) is 12.0. The molecule has 0 radical (unpaired) electrons. The second-order valence-electron chi connectivity index (χ2n) is 8.10. The van der Waals surface area contributed by atoms with E-state index in [0.29, 0.717) is 6.54 Å². The minimum atomic E-state index is -0.0803. The summed E-state index contributed by atoms with van der Waals surface area (Å²) in [5, 5.41) is 0. The third-order valence-corrected chi connectivity index (χ3v) is 5.71. The molecule has 0 fully saturated rings. The van der Waals surface area contributed by atoms with Gasteiger partial charge in [0.05, 0.1) is 12.5 Å². The van der Waals surface area contributed by atoms with Gasteiger partial charge in [0.2, 0.25) is 5.91 Å². The van der Waals surface area contributed by atoms with Crippen molar-refractivity contribution in [3.8, 4) is 0 Å². The molecule has 0 N–H and O–H groups in total. The lowest BCUT2D eigenvalue weighted by atomic mass is 9.95. The van der Waals surface area contributed by atoms with Crippen LogP contribution in [-0.4, -0.2) is 21.9 Å². The first-order valence-corrected chi connectivity index (χ1v) is 11.2. The maximum Gasteiger partial charge on any atom is 0.230 e. The van der Waals surface area contributed by atoms with E-state index in [0.717, 1.165) is 37.9 Å². The average molecular weight is 403 g/mol. The summed E-state index contributed by atoms with van der Waals surface area (Å²) in [5.41, 5.74) is 4.86. The molecule has 0 saturated carbocycles. The Labute approximate surface area is 181 Å². The molecule has 0 aliphatic heterocycles. The highest BCUT2D eigenvalue weighted by molar-refractivity contribution is 5.83. The zero-order chi connectivity index (χ0) is 21.3. The van der Waals surface area contributed by atoms with Gasteiger partial charge in [-0.15, -0.1) is 0 Å². The zero-order valence-electron chi connectivity index (χ0n) is 18.6. The molecule has 0 saturated heterocycles. The Morgan fingerprint density at radius 2 is 1.80 bits per heavy atom. The molecule has 0 aliphatic rings. The van der Waals surface area contributed by atoms with E-state index in [2.05, 4.69) is 85.0 Å². The fourth-order valence-corrected chi connectivity index (χ4v) is 4.02. The van der Waals surface area contributed by atoms with E-state index in [-0.39, 0.29) is 11.8 Å². The maximum absolute atomic E-state index is 13.5. The predicted octanol–water partition coefficient (Wildman–Crippen LogP) is 6.17. The molecule has 3 nitrogen and oxygen atoms in total. The van der Waals surface area contributed by atoms with Gasteiger partial charge in [0.15, 0.2) is 0 Å². The number of carbonyl (C=O) groups is 1. The first kappa shape index (κ1) is 21.9. The van der Waals surface area contributed by atoms with Gasteiger partial charge in [-0.1, -0.05) is 80.4 Å². The predicted molar refractivity (Wildman–Crippen MR) is 125 cm³/mol. The van der Waals surface area contributed by atoms with E-state index >= 15 is 0 Å². The van der Waals surface area contributed by atoms with Crippen molar-refractivity contribution in [1.29, 1.82) is 0 Å². The number of aryl methyl sites for hydroxylation is 1. The fraction of sp³-hybridized carbons (Fsp3) is 0.370. The molecule has 1 aromatic heterocycles. The quantitative estimate of drug-likeness (QED) is 0.398. The monoisotopic (exact) mass is 402 g/mol. The highest BCUT2D eigenvalue weighted by Crippen LogP contribution is 2.24. The van der Waals surface area contributed by atoms with Crippen LogP contribution in [0, 0.1) is 6.92 Å². The van der Waals surface area contributed by atoms with Crippen LogP contribution in [0.2, 0.25) is 0 Å². The van der Waals surface area contributed by atoms with Crippen LogP contribution >= 0.6 is 0 Å². The van der Waals surface area contributed by atoms with Crippen molar-refractivity contribution in [1.82, 2.24) is 9.47 Å². The molecule has 1 atom stereocenters. The average Bonchev–Trinajstić information content (AvgIpc) is 3.18. The highest BCUT2D eigenvalue weighted by Gasteiger charge is 2.25. The van der Waals surface area contributed by atoms with Crippen LogP contribution < -0.4 is 0 Å². The van der Waals surface area contributed by atoms with Gasteiger partial charge < -0.3 is 9.47 Å². The Morgan fingerprint density at radius 1 is 1.00 bits per heavy atom. The topological polar surface area (TPSA) is 25.2 Å². The molecule has 1 unspecified atom stereocenters. The summed E-state index contributed by atoms with van der Waals surface area (Å²) in [6, 6.07) is 23.1. The van der Waals surface area contributed by atoms with Gasteiger partial charge in [-0.2, -0.15) is 0 Å². The van der Waals surface area contributed by atoms with E-state index in [1.807, 2.05) is 18.2 Å². The Morgan fingerprint density at radius 3 is 2.50 bits per heavy atom. The number of hydrogen-bond donors (Lipinski definition) is 0. The molecule has 30 heavy (non-hydrogen) atoms. The van der Waals surface area contributed by atoms with Crippen LogP contribution in [0.25, 0.3) is 0 Å². The van der Waals surface area contributed by atoms with Gasteiger partial charge >= 0.3 is 0 Å². The number of aromatic nitrogens is 1. The van der Waals surface area contributed by atoms with Crippen LogP contribution in [0.3, 0.4) is 0 Å². The second kappa shape index (κ2) is 10.8. The van der Waals surface area contributed by atoms with Crippen LogP contribution in [-0.2, 0) is 17.9 Å². The molecule has 1 heterocycles. The Kier molecular flexibility index (Phi) is 7.89. The second-order valence-corrected chi connectivity index (χ2v) is 8.10. The van der Waals surface area contributed by atoms with Crippen LogP contribution in [0.15, 0.2) is 72.9 Å². The number of carbonyl (C=O) groups excluding carboxylic acids is 1. The van der Waals surface area contributed by atoms with Crippen molar-refractivity contribution in [2.75, 3.05) is 6.54 Å². The first-order chi connectivity index (χ1) is 14.6. The fourth-order valence-electron chi connectivity index (χ4n) is 4.02. The summed E-state index contributed by atoms with van der Waals surface area (Å²) in [7, 11) is 0.